The van der Waals surface area contributed by atoms with Gasteiger partial charge in [-0.2, -0.15) is 0 Å². The van der Waals surface area contributed by atoms with E-state index in [9.17, 15) is 0 Å². The standard InChI is InChI=1S/C15H25NO2/c1-11(16)14(15(2,3)4)18-13-8-6-7-12(9-13)10-17-5/h6-9,11,14H,10,16H2,1-5H3. The fourth-order valence-corrected chi connectivity index (χ4v) is 2.09. The molecule has 2 unspecified atom stereocenters. The Morgan fingerprint density at radius 1 is 1.28 bits per heavy atom. The molecule has 0 spiro atoms. The molecular formula is C15H25NO2. The number of ether oxygens (including phenoxy) is 2. The lowest BCUT2D eigenvalue weighted by Gasteiger charge is -2.34. The predicted octanol–water partition coefficient (Wildman–Crippen LogP) is 2.97. The fraction of sp³-hybridized carbons (Fsp3) is 0.600. The zero-order chi connectivity index (χ0) is 13.8. The van der Waals surface area contributed by atoms with Crippen LogP contribution >= 0.6 is 0 Å². The Hall–Kier alpha value is -1.06. The average molecular weight is 251 g/mol. The second-order valence-electron chi connectivity index (χ2n) is 5.84. The zero-order valence-corrected chi connectivity index (χ0v) is 12.1. The van der Waals surface area contributed by atoms with E-state index in [1.807, 2.05) is 31.2 Å². The molecule has 18 heavy (non-hydrogen) atoms. The van der Waals surface area contributed by atoms with E-state index in [4.69, 9.17) is 15.2 Å². The first kappa shape index (κ1) is 15.0. The van der Waals surface area contributed by atoms with Gasteiger partial charge in [-0.1, -0.05) is 32.9 Å². The molecule has 0 fully saturated rings. The maximum Gasteiger partial charge on any atom is 0.120 e. The molecule has 0 radical (unpaired) electrons. The summed E-state index contributed by atoms with van der Waals surface area (Å²) in [5, 5.41) is 0. The largest absolute Gasteiger partial charge is 0.488 e. The van der Waals surface area contributed by atoms with Crippen molar-refractivity contribution in [1.82, 2.24) is 0 Å². The molecule has 0 amide bonds. The molecule has 0 saturated carbocycles. The molecule has 0 aromatic heterocycles. The van der Waals surface area contributed by atoms with Gasteiger partial charge in [0.15, 0.2) is 0 Å². The van der Waals surface area contributed by atoms with Crippen LogP contribution in [0.4, 0.5) is 0 Å². The number of hydrogen-bond donors (Lipinski definition) is 1. The minimum atomic E-state index is -0.0182. The molecule has 0 aliphatic carbocycles. The minimum Gasteiger partial charge on any atom is -0.488 e. The number of hydrogen-bond acceptors (Lipinski definition) is 3. The Morgan fingerprint density at radius 3 is 2.44 bits per heavy atom. The molecule has 3 heteroatoms. The molecule has 0 heterocycles. The molecule has 2 N–H and O–H groups in total. The summed E-state index contributed by atoms with van der Waals surface area (Å²) in [5.41, 5.74) is 7.13. The summed E-state index contributed by atoms with van der Waals surface area (Å²) in [5.74, 6) is 0.849. The van der Waals surface area contributed by atoms with Crippen molar-refractivity contribution in [2.75, 3.05) is 7.11 Å². The lowest BCUT2D eigenvalue weighted by atomic mass is 9.85. The number of rotatable bonds is 5. The molecule has 0 aliphatic heterocycles. The van der Waals surface area contributed by atoms with Crippen molar-refractivity contribution in [3.05, 3.63) is 29.8 Å². The van der Waals surface area contributed by atoms with Gasteiger partial charge in [0.05, 0.1) is 6.61 Å². The van der Waals surface area contributed by atoms with Crippen LogP contribution in [-0.4, -0.2) is 19.3 Å². The molecule has 3 nitrogen and oxygen atoms in total. The van der Waals surface area contributed by atoms with Gasteiger partial charge in [-0.25, -0.2) is 0 Å². The van der Waals surface area contributed by atoms with E-state index in [1.165, 1.54) is 0 Å². The van der Waals surface area contributed by atoms with Gasteiger partial charge in [-0.15, -0.1) is 0 Å². The summed E-state index contributed by atoms with van der Waals surface area (Å²) in [6, 6.07) is 7.94. The summed E-state index contributed by atoms with van der Waals surface area (Å²) in [6.07, 6.45) is -0.0182. The lowest BCUT2D eigenvalue weighted by Crippen LogP contribution is -2.45. The van der Waals surface area contributed by atoms with Crippen LogP contribution < -0.4 is 10.5 Å². The Bertz CT molecular complexity index is 369. The molecule has 102 valence electrons. The van der Waals surface area contributed by atoms with Gasteiger partial charge in [0.1, 0.15) is 11.9 Å². The van der Waals surface area contributed by atoms with E-state index in [0.29, 0.717) is 6.61 Å². The van der Waals surface area contributed by atoms with E-state index < -0.39 is 0 Å². The van der Waals surface area contributed by atoms with Crippen LogP contribution in [0.1, 0.15) is 33.3 Å². The highest BCUT2D eigenvalue weighted by atomic mass is 16.5. The van der Waals surface area contributed by atoms with Gasteiger partial charge >= 0.3 is 0 Å². The summed E-state index contributed by atoms with van der Waals surface area (Å²) < 4.78 is 11.2. The van der Waals surface area contributed by atoms with Crippen molar-refractivity contribution in [1.29, 1.82) is 0 Å². The van der Waals surface area contributed by atoms with Crippen LogP contribution in [0.3, 0.4) is 0 Å². The van der Waals surface area contributed by atoms with E-state index >= 15 is 0 Å². The summed E-state index contributed by atoms with van der Waals surface area (Å²) in [4.78, 5) is 0. The van der Waals surface area contributed by atoms with Crippen LogP contribution in [0.15, 0.2) is 24.3 Å². The van der Waals surface area contributed by atoms with Crippen molar-refractivity contribution < 1.29 is 9.47 Å². The molecule has 0 bridgehead atoms. The van der Waals surface area contributed by atoms with E-state index in [0.717, 1.165) is 11.3 Å². The Morgan fingerprint density at radius 2 is 1.94 bits per heavy atom. The molecular weight excluding hydrogens is 226 g/mol. The van der Waals surface area contributed by atoms with Crippen molar-refractivity contribution >= 4 is 0 Å². The van der Waals surface area contributed by atoms with Gasteiger partial charge < -0.3 is 15.2 Å². The average Bonchev–Trinajstić information content (AvgIpc) is 2.25. The first-order valence-electron chi connectivity index (χ1n) is 6.34. The smallest absolute Gasteiger partial charge is 0.120 e. The first-order valence-corrected chi connectivity index (χ1v) is 6.34. The van der Waals surface area contributed by atoms with Gasteiger partial charge in [0.2, 0.25) is 0 Å². The van der Waals surface area contributed by atoms with Crippen LogP contribution in [0.5, 0.6) is 5.75 Å². The van der Waals surface area contributed by atoms with Crippen LogP contribution in [0, 0.1) is 5.41 Å². The summed E-state index contributed by atoms with van der Waals surface area (Å²) in [6.45, 7) is 8.99. The molecule has 2 atom stereocenters. The Labute approximate surface area is 110 Å². The SMILES string of the molecule is COCc1cccc(OC(C(C)N)C(C)(C)C)c1. The fourth-order valence-electron chi connectivity index (χ4n) is 2.09. The molecule has 0 aliphatic rings. The number of methoxy groups -OCH3 is 1. The number of benzene rings is 1. The van der Waals surface area contributed by atoms with Crippen molar-refractivity contribution in [3.63, 3.8) is 0 Å². The number of nitrogens with two attached hydrogens (primary N) is 1. The normalized spacial score (nSPS) is 15.2. The summed E-state index contributed by atoms with van der Waals surface area (Å²) >= 11 is 0. The lowest BCUT2D eigenvalue weighted by molar-refractivity contribution is 0.0681. The highest BCUT2D eigenvalue weighted by Gasteiger charge is 2.29. The third-order valence-corrected chi connectivity index (χ3v) is 2.80. The molecule has 1 aromatic carbocycles. The van der Waals surface area contributed by atoms with Crippen molar-refractivity contribution in [2.45, 2.75) is 46.4 Å². The van der Waals surface area contributed by atoms with Gasteiger partial charge in [-0.3, -0.25) is 0 Å². The second kappa shape index (κ2) is 6.21. The third-order valence-electron chi connectivity index (χ3n) is 2.80. The maximum atomic E-state index is 6.05. The van der Waals surface area contributed by atoms with Crippen molar-refractivity contribution in [2.24, 2.45) is 11.1 Å². The Balaban J connectivity index is 2.84. The quantitative estimate of drug-likeness (QED) is 0.875. The first-order chi connectivity index (χ1) is 8.34. The van der Waals surface area contributed by atoms with Crippen LogP contribution in [0.25, 0.3) is 0 Å². The summed E-state index contributed by atoms with van der Waals surface area (Å²) in [7, 11) is 1.69. The second-order valence-corrected chi connectivity index (χ2v) is 5.84. The van der Waals surface area contributed by atoms with Gasteiger partial charge in [0.25, 0.3) is 0 Å². The van der Waals surface area contributed by atoms with Crippen LogP contribution in [-0.2, 0) is 11.3 Å². The molecule has 1 rings (SSSR count). The Kier molecular flexibility index (Phi) is 5.17. The molecule has 1 aromatic rings. The predicted molar refractivity (Wildman–Crippen MR) is 74.7 cm³/mol. The van der Waals surface area contributed by atoms with E-state index in [1.54, 1.807) is 7.11 Å². The van der Waals surface area contributed by atoms with Crippen LogP contribution in [0.2, 0.25) is 0 Å². The minimum absolute atomic E-state index is 0.00538. The zero-order valence-electron chi connectivity index (χ0n) is 12.1. The third kappa shape index (κ3) is 4.31. The topological polar surface area (TPSA) is 44.5 Å². The van der Waals surface area contributed by atoms with Crippen molar-refractivity contribution in [3.8, 4) is 5.75 Å². The van der Waals surface area contributed by atoms with Gasteiger partial charge in [0, 0.05) is 18.6 Å². The van der Waals surface area contributed by atoms with E-state index in [2.05, 4.69) is 20.8 Å². The monoisotopic (exact) mass is 251 g/mol. The molecule has 0 saturated heterocycles. The highest BCUT2D eigenvalue weighted by molar-refractivity contribution is 5.28. The highest BCUT2D eigenvalue weighted by Crippen LogP contribution is 2.27. The van der Waals surface area contributed by atoms with E-state index in [-0.39, 0.29) is 17.6 Å². The maximum absolute atomic E-state index is 6.05. The van der Waals surface area contributed by atoms with Gasteiger partial charge in [-0.05, 0) is 24.6 Å².